The van der Waals surface area contributed by atoms with E-state index in [1.165, 1.54) is 33.3 Å². The zero-order chi connectivity index (χ0) is 29.6. The maximum absolute atomic E-state index is 11.0. The molecule has 41 heavy (non-hydrogen) atoms. The van der Waals surface area contributed by atoms with Crippen molar-refractivity contribution in [2.75, 3.05) is 0 Å². The fraction of sp³-hybridized carbons (Fsp3) is 0.333. The van der Waals surface area contributed by atoms with Gasteiger partial charge in [-0.05, 0) is 22.9 Å². The fourth-order valence-electron chi connectivity index (χ4n) is 4.12. The summed E-state index contributed by atoms with van der Waals surface area (Å²) in [5.74, 6) is 0.665. The summed E-state index contributed by atoms with van der Waals surface area (Å²) >= 11 is 0. The molecule has 0 saturated carbocycles. The van der Waals surface area contributed by atoms with Gasteiger partial charge in [0.1, 0.15) is 0 Å². The topological polar surface area (TPSA) is 50.2 Å². The van der Waals surface area contributed by atoms with Gasteiger partial charge in [0.25, 0.3) is 0 Å². The molecule has 0 unspecified atom stereocenters. The van der Waals surface area contributed by atoms with E-state index in [1.807, 2.05) is 27.7 Å². The summed E-state index contributed by atoms with van der Waals surface area (Å²) < 4.78 is 0. The van der Waals surface area contributed by atoms with Crippen LogP contribution in [0.5, 0.6) is 0 Å². The molecular formula is C36H44IrNO2Si-. The molecule has 0 bridgehead atoms. The van der Waals surface area contributed by atoms with Crippen LogP contribution in [0.1, 0.15) is 53.0 Å². The summed E-state index contributed by atoms with van der Waals surface area (Å²) in [5.41, 5.74) is 6.84. The number of carbonyl (C=O) groups is 1. The van der Waals surface area contributed by atoms with E-state index in [9.17, 15) is 9.90 Å². The molecule has 0 aliphatic rings. The zero-order valence-corrected chi connectivity index (χ0v) is 29.3. The molecule has 3 nitrogen and oxygen atoms in total. The van der Waals surface area contributed by atoms with Gasteiger partial charge in [0.05, 0.1) is 19.3 Å². The molecule has 1 radical (unpaired) electrons. The molecule has 0 aliphatic carbocycles. The smallest absolute Gasteiger partial charge is 0.161 e. The van der Waals surface area contributed by atoms with Gasteiger partial charge in [-0.3, -0.25) is 9.78 Å². The third-order valence-electron chi connectivity index (χ3n) is 6.99. The average molecular weight is 743 g/mol. The molecule has 0 spiro atoms. The minimum atomic E-state index is -1.40. The second kappa shape index (κ2) is 14.9. The van der Waals surface area contributed by atoms with Gasteiger partial charge >= 0.3 is 0 Å². The molecular weight excluding hydrogens is 699 g/mol. The Morgan fingerprint density at radius 1 is 0.878 bits per heavy atom. The standard InChI is InChI=1S/C27H28NSi.C9H16O2.Ir/c1-19(2)20-11-13-22(14-12-20)27-18-24(21-9-7-6-8-10-21)25-17-23(29(3,4)5)15-16-26(25)28-27;1-6(2)8(10)5-9(11)7(3)4;/h6-13,15-19H,1-5H3;5-7,10H,1-4H3;/q-1;;/b;8-5-;. The molecule has 3 aromatic carbocycles. The maximum atomic E-state index is 11.0. The number of allylic oxidation sites excluding steroid dienone is 2. The monoisotopic (exact) mass is 743 g/mol. The summed E-state index contributed by atoms with van der Waals surface area (Å²) in [6.07, 6.45) is 1.31. The van der Waals surface area contributed by atoms with Crippen molar-refractivity contribution in [2.24, 2.45) is 11.8 Å². The van der Waals surface area contributed by atoms with Crippen LogP contribution in [0.2, 0.25) is 19.6 Å². The Balaban J connectivity index is 0.000000420. The zero-order valence-electron chi connectivity index (χ0n) is 25.9. The number of hydrogen-bond acceptors (Lipinski definition) is 3. The summed E-state index contributed by atoms with van der Waals surface area (Å²) in [6, 6.07) is 29.6. The van der Waals surface area contributed by atoms with Crippen molar-refractivity contribution in [1.29, 1.82) is 0 Å². The van der Waals surface area contributed by atoms with Crippen LogP contribution in [0.4, 0.5) is 0 Å². The number of ketones is 1. The van der Waals surface area contributed by atoms with Crippen molar-refractivity contribution >= 4 is 29.9 Å². The maximum Gasteiger partial charge on any atom is 0.161 e. The molecule has 219 valence electrons. The van der Waals surface area contributed by atoms with E-state index in [0.717, 1.165) is 16.8 Å². The van der Waals surface area contributed by atoms with Gasteiger partial charge < -0.3 is 5.11 Å². The SMILES string of the molecule is CC(C)C(=O)/C=C(\O)C(C)C.CC(C)c1c[c-]c(-c2cc(-c3ccccc3)c3cc([Si](C)(C)C)ccc3n2)cc1.[Ir]. The van der Waals surface area contributed by atoms with Gasteiger partial charge in [0, 0.05) is 43.4 Å². The van der Waals surface area contributed by atoms with Gasteiger partial charge in [0.2, 0.25) is 0 Å². The Kier molecular flexibility index (Phi) is 12.5. The second-order valence-corrected chi connectivity index (χ2v) is 17.5. The van der Waals surface area contributed by atoms with Crippen LogP contribution in [0.15, 0.2) is 84.6 Å². The Morgan fingerprint density at radius 2 is 1.54 bits per heavy atom. The first-order valence-electron chi connectivity index (χ1n) is 14.2. The molecule has 0 fully saturated rings. The van der Waals surface area contributed by atoms with Crippen molar-refractivity contribution in [1.82, 2.24) is 4.98 Å². The Morgan fingerprint density at radius 3 is 2.05 bits per heavy atom. The molecule has 4 rings (SSSR count). The van der Waals surface area contributed by atoms with E-state index in [1.54, 1.807) is 0 Å². The minimum Gasteiger partial charge on any atom is -0.512 e. The molecule has 0 aliphatic heterocycles. The fourth-order valence-corrected chi connectivity index (χ4v) is 5.28. The summed E-state index contributed by atoms with van der Waals surface area (Å²) in [6.45, 7) is 18.9. The number of pyridine rings is 1. The van der Waals surface area contributed by atoms with Crippen LogP contribution in [-0.2, 0) is 24.9 Å². The molecule has 1 aromatic heterocycles. The normalized spacial score (nSPS) is 11.9. The third kappa shape index (κ3) is 9.33. The number of aliphatic hydroxyl groups is 1. The van der Waals surface area contributed by atoms with Crippen LogP contribution < -0.4 is 5.19 Å². The van der Waals surface area contributed by atoms with Gasteiger partial charge in [0.15, 0.2) is 5.78 Å². The van der Waals surface area contributed by atoms with Crippen LogP contribution in [0.3, 0.4) is 0 Å². The number of aromatic nitrogens is 1. The molecule has 0 saturated heterocycles. The van der Waals surface area contributed by atoms with Crippen LogP contribution in [-0.4, -0.2) is 23.9 Å². The summed E-state index contributed by atoms with van der Waals surface area (Å²) in [7, 11) is -1.40. The van der Waals surface area contributed by atoms with Gasteiger partial charge in [-0.2, -0.15) is 0 Å². The molecule has 0 atom stereocenters. The average Bonchev–Trinajstić information content (AvgIpc) is 2.92. The minimum absolute atomic E-state index is 0. The number of fused-ring (bicyclic) bond motifs is 1. The number of hydrogen-bond donors (Lipinski definition) is 1. The van der Waals surface area contributed by atoms with Crippen molar-refractivity contribution in [2.45, 2.75) is 67.1 Å². The number of aliphatic hydroxyl groups excluding tert-OH is 1. The van der Waals surface area contributed by atoms with Crippen LogP contribution in [0.25, 0.3) is 33.3 Å². The molecule has 4 aromatic rings. The largest absolute Gasteiger partial charge is 0.512 e. The van der Waals surface area contributed by atoms with Gasteiger partial charge in [-0.25, -0.2) is 0 Å². The Hall–Kier alpha value is -2.85. The van der Waals surface area contributed by atoms with Crippen molar-refractivity contribution in [3.63, 3.8) is 0 Å². The summed E-state index contributed by atoms with van der Waals surface area (Å²) in [5, 5.41) is 11.9. The van der Waals surface area contributed by atoms with E-state index in [4.69, 9.17) is 4.98 Å². The Labute approximate surface area is 261 Å². The van der Waals surface area contributed by atoms with E-state index < -0.39 is 8.07 Å². The molecule has 0 amide bonds. The predicted molar refractivity (Wildman–Crippen MR) is 174 cm³/mol. The second-order valence-electron chi connectivity index (χ2n) is 12.4. The van der Waals surface area contributed by atoms with E-state index >= 15 is 0 Å². The quantitative estimate of drug-likeness (QED) is 0.0889. The molecule has 1 heterocycles. The van der Waals surface area contributed by atoms with Gasteiger partial charge in [-0.15, -0.1) is 35.4 Å². The number of benzene rings is 3. The first-order valence-corrected chi connectivity index (χ1v) is 17.7. The van der Waals surface area contributed by atoms with Gasteiger partial charge in [-0.1, -0.05) is 121 Å². The Bertz CT molecular complexity index is 1470. The first-order chi connectivity index (χ1) is 18.8. The number of nitrogens with zero attached hydrogens (tertiary/aromatic N) is 1. The molecule has 5 heteroatoms. The van der Waals surface area contributed by atoms with Crippen LogP contribution in [0, 0.1) is 17.9 Å². The number of rotatable bonds is 7. The van der Waals surface area contributed by atoms with E-state index in [2.05, 4.69) is 112 Å². The number of carbonyl (C=O) groups excluding carboxylic acids is 1. The predicted octanol–water partition coefficient (Wildman–Crippen LogP) is 9.34. The van der Waals surface area contributed by atoms with E-state index in [0.29, 0.717) is 5.92 Å². The third-order valence-corrected chi connectivity index (χ3v) is 9.03. The summed E-state index contributed by atoms with van der Waals surface area (Å²) in [4.78, 5) is 16.0. The van der Waals surface area contributed by atoms with Crippen molar-refractivity contribution in [3.05, 3.63) is 96.3 Å². The first kappa shape index (κ1) is 34.3. The van der Waals surface area contributed by atoms with Crippen LogP contribution >= 0.6 is 0 Å². The van der Waals surface area contributed by atoms with Crippen molar-refractivity contribution < 1.29 is 30.0 Å². The van der Waals surface area contributed by atoms with E-state index in [-0.39, 0.29) is 43.5 Å². The van der Waals surface area contributed by atoms with Crippen molar-refractivity contribution in [3.8, 4) is 22.4 Å². The molecule has 1 N–H and O–H groups in total.